The van der Waals surface area contributed by atoms with Crippen LogP contribution >= 0.6 is 0 Å². The third-order valence-corrected chi connectivity index (χ3v) is 2.75. The molecule has 1 aromatic rings. The predicted octanol–water partition coefficient (Wildman–Crippen LogP) is 1.34. The molecule has 1 N–H and O–H groups in total. The summed E-state index contributed by atoms with van der Waals surface area (Å²) in [6.07, 6.45) is 3.14. The highest BCUT2D eigenvalue weighted by Crippen LogP contribution is 2.07. The van der Waals surface area contributed by atoms with Crippen molar-refractivity contribution in [2.24, 2.45) is 13.0 Å². The Morgan fingerprint density at radius 1 is 1.50 bits per heavy atom. The van der Waals surface area contributed by atoms with Crippen LogP contribution in [0.5, 0.6) is 0 Å². The number of aryl methyl sites for hydroxylation is 1. The van der Waals surface area contributed by atoms with Gasteiger partial charge in [0.05, 0.1) is 5.69 Å². The van der Waals surface area contributed by atoms with Gasteiger partial charge in [-0.15, -0.1) is 5.10 Å². The molecule has 4 nitrogen and oxygen atoms in total. The smallest absolute Gasteiger partial charge is 0.0964 e. The fraction of sp³-hybridized carbons (Fsp3) is 0.800. The molecule has 0 amide bonds. The van der Waals surface area contributed by atoms with E-state index in [-0.39, 0.29) is 0 Å². The maximum absolute atomic E-state index is 4.02. The zero-order chi connectivity index (χ0) is 10.6. The monoisotopic (exact) mass is 196 g/mol. The first-order chi connectivity index (χ1) is 6.63. The van der Waals surface area contributed by atoms with Crippen molar-refractivity contribution in [3.8, 4) is 0 Å². The minimum Gasteiger partial charge on any atom is -0.308 e. The lowest BCUT2D eigenvalue weighted by atomic mass is 10.0. The summed E-state index contributed by atoms with van der Waals surface area (Å²) in [4.78, 5) is 0. The summed E-state index contributed by atoms with van der Waals surface area (Å²) in [6, 6.07) is 0.530. The molecule has 0 bridgehead atoms. The number of nitrogens with one attached hydrogen (secondary N) is 1. The minimum atomic E-state index is 0.530. The van der Waals surface area contributed by atoms with Crippen molar-refractivity contribution in [2.75, 3.05) is 0 Å². The van der Waals surface area contributed by atoms with Crippen molar-refractivity contribution in [1.29, 1.82) is 0 Å². The van der Waals surface area contributed by atoms with Crippen molar-refractivity contribution in [2.45, 2.75) is 39.8 Å². The van der Waals surface area contributed by atoms with Crippen LogP contribution in [-0.4, -0.2) is 21.0 Å². The van der Waals surface area contributed by atoms with E-state index in [2.05, 4.69) is 36.4 Å². The molecule has 0 radical (unpaired) electrons. The Labute approximate surface area is 85.7 Å². The molecular formula is C10H20N4. The normalized spacial score (nSPS) is 15.4. The Morgan fingerprint density at radius 2 is 2.21 bits per heavy atom. The summed E-state index contributed by atoms with van der Waals surface area (Å²) in [5.74, 6) is 0.701. The van der Waals surface area contributed by atoms with Crippen LogP contribution in [0, 0.1) is 5.92 Å². The molecule has 0 saturated heterocycles. The number of hydrogen-bond donors (Lipinski definition) is 1. The van der Waals surface area contributed by atoms with E-state index in [9.17, 15) is 0 Å². The Kier molecular flexibility index (Phi) is 4.07. The van der Waals surface area contributed by atoms with E-state index in [1.807, 2.05) is 13.2 Å². The molecule has 4 heteroatoms. The van der Waals surface area contributed by atoms with Gasteiger partial charge >= 0.3 is 0 Å². The second-order valence-corrected chi connectivity index (χ2v) is 3.94. The highest BCUT2D eigenvalue weighted by molar-refractivity contribution is 4.91. The lowest BCUT2D eigenvalue weighted by molar-refractivity contribution is 0.388. The molecule has 0 aliphatic rings. The fourth-order valence-electron chi connectivity index (χ4n) is 1.30. The van der Waals surface area contributed by atoms with E-state index in [1.54, 1.807) is 4.68 Å². The molecule has 1 heterocycles. The second kappa shape index (κ2) is 5.10. The molecule has 0 fully saturated rings. The molecule has 1 aromatic heterocycles. The second-order valence-electron chi connectivity index (χ2n) is 3.94. The lowest BCUT2D eigenvalue weighted by Crippen LogP contribution is -2.31. The highest BCUT2D eigenvalue weighted by Gasteiger charge is 2.09. The molecule has 0 spiro atoms. The van der Waals surface area contributed by atoms with Gasteiger partial charge in [-0.2, -0.15) is 0 Å². The van der Waals surface area contributed by atoms with E-state index in [0.29, 0.717) is 12.0 Å². The van der Waals surface area contributed by atoms with Gasteiger partial charge in [-0.1, -0.05) is 25.5 Å². The summed E-state index contributed by atoms with van der Waals surface area (Å²) in [7, 11) is 1.88. The van der Waals surface area contributed by atoms with Crippen LogP contribution in [0.4, 0.5) is 0 Å². The molecule has 1 rings (SSSR count). The summed E-state index contributed by atoms with van der Waals surface area (Å²) in [5.41, 5.74) is 1.00. The van der Waals surface area contributed by atoms with Gasteiger partial charge < -0.3 is 5.32 Å². The van der Waals surface area contributed by atoms with Crippen LogP contribution in [-0.2, 0) is 13.6 Å². The third-order valence-electron chi connectivity index (χ3n) is 2.75. The molecular weight excluding hydrogens is 176 g/mol. The minimum absolute atomic E-state index is 0.530. The summed E-state index contributed by atoms with van der Waals surface area (Å²) >= 11 is 0. The Hall–Kier alpha value is -0.900. The van der Waals surface area contributed by atoms with Gasteiger partial charge in [0.1, 0.15) is 0 Å². The van der Waals surface area contributed by atoms with Gasteiger partial charge in [0.25, 0.3) is 0 Å². The SMILES string of the molecule is CCC(C)C(C)NCc1cn(C)nn1. The summed E-state index contributed by atoms with van der Waals surface area (Å²) in [5, 5.41) is 11.4. The predicted molar refractivity (Wildman–Crippen MR) is 56.8 cm³/mol. The van der Waals surface area contributed by atoms with Crippen LogP contribution in [0.25, 0.3) is 0 Å². The average molecular weight is 196 g/mol. The van der Waals surface area contributed by atoms with Gasteiger partial charge in [0.2, 0.25) is 0 Å². The number of hydrogen-bond acceptors (Lipinski definition) is 3. The Bertz CT molecular complexity index is 269. The standard InChI is InChI=1S/C10H20N4/c1-5-8(2)9(3)11-6-10-7-14(4)13-12-10/h7-9,11H,5-6H2,1-4H3. The summed E-state index contributed by atoms with van der Waals surface area (Å²) < 4.78 is 1.73. The fourth-order valence-corrected chi connectivity index (χ4v) is 1.30. The van der Waals surface area contributed by atoms with Crippen LogP contribution in [0.2, 0.25) is 0 Å². The van der Waals surface area contributed by atoms with Gasteiger partial charge in [-0.25, -0.2) is 0 Å². The van der Waals surface area contributed by atoms with Crippen LogP contribution in [0.15, 0.2) is 6.20 Å². The molecule has 0 aromatic carbocycles. The van der Waals surface area contributed by atoms with Crippen molar-refractivity contribution in [3.05, 3.63) is 11.9 Å². The molecule has 14 heavy (non-hydrogen) atoms. The Balaban J connectivity index is 2.33. The zero-order valence-corrected chi connectivity index (χ0v) is 9.49. The first-order valence-electron chi connectivity index (χ1n) is 5.22. The molecule has 2 unspecified atom stereocenters. The number of nitrogens with zero attached hydrogens (tertiary/aromatic N) is 3. The summed E-state index contributed by atoms with van der Waals surface area (Å²) in [6.45, 7) is 7.49. The Morgan fingerprint density at radius 3 is 2.71 bits per heavy atom. The molecule has 0 saturated carbocycles. The maximum Gasteiger partial charge on any atom is 0.0964 e. The first-order valence-corrected chi connectivity index (χ1v) is 5.22. The molecule has 0 aliphatic carbocycles. The van der Waals surface area contributed by atoms with Gasteiger partial charge in [-0.3, -0.25) is 4.68 Å². The van der Waals surface area contributed by atoms with Crippen LogP contribution < -0.4 is 5.32 Å². The molecule has 0 aliphatic heterocycles. The number of aromatic nitrogens is 3. The van der Waals surface area contributed by atoms with E-state index in [1.165, 1.54) is 6.42 Å². The van der Waals surface area contributed by atoms with E-state index >= 15 is 0 Å². The third kappa shape index (κ3) is 3.10. The van der Waals surface area contributed by atoms with Crippen molar-refractivity contribution < 1.29 is 0 Å². The van der Waals surface area contributed by atoms with Gasteiger partial charge in [-0.05, 0) is 12.8 Å². The average Bonchev–Trinajstić information content (AvgIpc) is 2.59. The van der Waals surface area contributed by atoms with E-state index < -0.39 is 0 Å². The van der Waals surface area contributed by atoms with E-state index in [0.717, 1.165) is 12.2 Å². The zero-order valence-electron chi connectivity index (χ0n) is 9.49. The maximum atomic E-state index is 4.02. The first kappa shape index (κ1) is 11.2. The van der Waals surface area contributed by atoms with Gasteiger partial charge in [0.15, 0.2) is 0 Å². The van der Waals surface area contributed by atoms with Crippen molar-refractivity contribution in [3.63, 3.8) is 0 Å². The number of rotatable bonds is 5. The lowest BCUT2D eigenvalue weighted by Gasteiger charge is -2.18. The molecule has 80 valence electrons. The molecule has 2 atom stereocenters. The van der Waals surface area contributed by atoms with Crippen LogP contribution in [0.1, 0.15) is 32.9 Å². The largest absolute Gasteiger partial charge is 0.308 e. The van der Waals surface area contributed by atoms with Gasteiger partial charge in [0, 0.05) is 25.8 Å². The van der Waals surface area contributed by atoms with E-state index in [4.69, 9.17) is 0 Å². The quantitative estimate of drug-likeness (QED) is 0.772. The van der Waals surface area contributed by atoms with Crippen molar-refractivity contribution in [1.82, 2.24) is 20.3 Å². The highest BCUT2D eigenvalue weighted by atomic mass is 15.4. The van der Waals surface area contributed by atoms with Crippen molar-refractivity contribution >= 4 is 0 Å². The topological polar surface area (TPSA) is 42.7 Å². The van der Waals surface area contributed by atoms with Crippen LogP contribution in [0.3, 0.4) is 0 Å².